The third-order valence-corrected chi connectivity index (χ3v) is 5.57. The first kappa shape index (κ1) is 19.3. The molecule has 0 bridgehead atoms. The van der Waals surface area contributed by atoms with Crippen LogP contribution in [-0.2, 0) is 14.8 Å². The number of nitrogens with one attached hydrogen (secondary N) is 1. The first-order valence-corrected chi connectivity index (χ1v) is 10.5. The molecule has 0 saturated carbocycles. The van der Waals surface area contributed by atoms with E-state index in [2.05, 4.69) is 5.32 Å². The molecule has 0 aliphatic rings. The van der Waals surface area contributed by atoms with Gasteiger partial charge in [0.25, 0.3) is 0 Å². The van der Waals surface area contributed by atoms with Crippen molar-refractivity contribution in [1.82, 2.24) is 0 Å². The summed E-state index contributed by atoms with van der Waals surface area (Å²) in [7, 11) is -3.74. The van der Waals surface area contributed by atoms with Gasteiger partial charge >= 0.3 is 0 Å². The number of amides is 1. The topological polar surface area (TPSA) is 66.5 Å². The van der Waals surface area contributed by atoms with Crippen LogP contribution in [0.5, 0.6) is 0 Å². The Morgan fingerprint density at radius 2 is 1.76 bits per heavy atom. The number of nitrogens with zero attached hydrogens (tertiary/aromatic N) is 1. The molecule has 2 aromatic carbocycles. The van der Waals surface area contributed by atoms with Crippen LogP contribution in [0.4, 0.5) is 15.8 Å². The summed E-state index contributed by atoms with van der Waals surface area (Å²) >= 11 is 1.47. The van der Waals surface area contributed by atoms with E-state index in [1.54, 1.807) is 12.1 Å². The molecular weight excluding hydrogens is 363 g/mol. The van der Waals surface area contributed by atoms with Gasteiger partial charge in [0.05, 0.1) is 17.6 Å². The third-order valence-electron chi connectivity index (χ3n) is 3.53. The molecule has 0 radical (unpaired) electrons. The lowest BCUT2D eigenvalue weighted by Gasteiger charge is -2.28. The monoisotopic (exact) mass is 382 g/mol. The summed E-state index contributed by atoms with van der Waals surface area (Å²) in [5.41, 5.74) is 0.837. The SMILES string of the molecule is CSc1ccccc1NC(=O)[C@@H](C)N(c1ccc(F)cc1)S(C)(=O)=O. The number of rotatable bonds is 6. The molecule has 1 N–H and O–H groups in total. The van der Waals surface area contributed by atoms with Crippen molar-refractivity contribution in [1.29, 1.82) is 0 Å². The van der Waals surface area contributed by atoms with Gasteiger partial charge in [-0.3, -0.25) is 9.10 Å². The molecule has 0 fully saturated rings. The summed E-state index contributed by atoms with van der Waals surface area (Å²) < 4.78 is 38.5. The quantitative estimate of drug-likeness (QED) is 0.778. The van der Waals surface area contributed by atoms with Crippen molar-refractivity contribution >= 4 is 39.1 Å². The third kappa shape index (κ3) is 4.73. The van der Waals surface area contributed by atoms with Crippen LogP contribution in [0.25, 0.3) is 0 Å². The van der Waals surface area contributed by atoms with Crippen molar-refractivity contribution < 1.29 is 17.6 Å². The Morgan fingerprint density at radius 3 is 2.32 bits per heavy atom. The number of sulfonamides is 1. The number of halogens is 1. The van der Waals surface area contributed by atoms with E-state index in [0.29, 0.717) is 5.69 Å². The summed E-state index contributed by atoms with van der Waals surface area (Å²) in [5, 5.41) is 2.75. The second-order valence-corrected chi connectivity index (χ2v) is 8.11. The minimum absolute atomic E-state index is 0.227. The zero-order valence-electron chi connectivity index (χ0n) is 14.1. The minimum Gasteiger partial charge on any atom is -0.323 e. The predicted octanol–water partition coefficient (Wildman–Crippen LogP) is 3.34. The number of anilines is 2. The molecule has 0 aliphatic carbocycles. The van der Waals surface area contributed by atoms with E-state index in [-0.39, 0.29) is 5.69 Å². The predicted molar refractivity (Wildman–Crippen MR) is 100 cm³/mol. The summed E-state index contributed by atoms with van der Waals surface area (Å²) in [6.45, 7) is 1.49. The number of hydrogen-bond donors (Lipinski definition) is 1. The number of para-hydroxylation sites is 1. The highest BCUT2D eigenvalue weighted by Crippen LogP contribution is 2.26. The first-order chi connectivity index (χ1) is 11.7. The molecule has 8 heteroatoms. The van der Waals surface area contributed by atoms with Gasteiger partial charge in [-0.25, -0.2) is 12.8 Å². The normalized spacial score (nSPS) is 12.5. The lowest BCUT2D eigenvalue weighted by molar-refractivity contribution is -0.116. The van der Waals surface area contributed by atoms with E-state index in [4.69, 9.17) is 0 Å². The molecule has 134 valence electrons. The highest BCUT2D eigenvalue weighted by atomic mass is 32.2. The molecule has 0 aromatic heterocycles. The van der Waals surface area contributed by atoms with Crippen LogP contribution in [0.2, 0.25) is 0 Å². The lowest BCUT2D eigenvalue weighted by atomic mass is 10.2. The lowest BCUT2D eigenvalue weighted by Crippen LogP contribution is -2.45. The largest absolute Gasteiger partial charge is 0.323 e. The second kappa shape index (κ2) is 7.88. The smallest absolute Gasteiger partial charge is 0.248 e. The van der Waals surface area contributed by atoms with Gasteiger partial charge in [0.15, 0.2) is 0 Å². The molecule has 2 aromatic rings. The van der Waals surface area contributed by atoms with Gasteiger partial charge in [-0.05, 0) is 49.6 Å². The minimum atomic E-state index is -3.74. The summed E-state index contributed by atoms with van der Waals surface area (Å²) in [6, 6.07) is 11.2. The van der Waals surface area contributed by atoms with E-state index in [1.807, 2.05) is 18.4 Å². The summed E-state index contributed by atoms with van der Waals surface area (Å²) in [5.74, 6) is -0.959. The van der Waals surface area contributed by atoms with Crippen LogP contribution < -0.4 is 9.62 Å². The molecule has 0 saturated heterocycles. The highest BCUT2D eigenvalue weighted by molar-refractivity contribution is 7.98. The van der Waals surface area contributed by atoms with E-state index in [0.717, 1.165) is 27.6 Å². The van der Waals surface area contributed by atoms with Gasteiger partial charge in [0.1, 0.15) is 11.9 Å². The Bertz CT molecular complexity index is 854. The average molecular weight is 382 g/mol. The molecule has 0 aliphatic heterocycles. The fraction of sp³-hybridized carbons (Fsp3) is 0.235. The Kier molecular flexibility index (Phi) is 6.07. The maximum absolute atomic E-state index is 13.1. The van der Waals surface area contributed by atoms with Gasteiger partial charge in [-0.2, -0.15) is 0 Å². The first-order valence-electron chi connectivity index (χ1n) is 7.43. The zero-order valence-corrected chi connectivity index (χ0v) is 15.7. The fourth-order valence-electron chi connectivity index (χ4n) is 2.38. The van der Waals surface area contributed by atoms with Crippen molar-refractivity contribution in [2.45, 2.75) is 17.9 Å². The molecule has 0 heterocycles. The van der Waals surface area contributed by atoms with Gasteiger partial charge in [-0.1, -0.05) is 12.1 Å². The number of benzene rings is 2. The van der Waals surface area contributed by atoms with Crippen LogP contribution in [0.15, 0.2) is 53.4 Å². The van der Waals surface area contributed by atoms with E-state index >= 15 is 0 Å². The average Bonchev–Trinajstić information content (AvgIpc) is 2.56. The highest BCUT2D eigenvalue weighted by Gasteiger charge is 2.29. The molecule has 2 rings (SSSR count). The molecule has 5 nitrogen and oxygen atoms in total. The van der Waals surface area contributed by atoms with Crippen molar-refractivity contribution in [3.05, 3.63) is 54.3 Å². The molecular formula is C17H19FN2O3S2. The summed E-state index contributed by atoms with van der Waals surface area (Å²) in [4.78, 5) is 13.5. The number of carbonyl (C=O) groups excluding carboxylic acids is 1. The Balaban J connectivity index is 2.31. The van der Waals surface area contributed by atoms with Crippen molar-refractivity contribution in [3.63, 3.8) is 0 Å². The Hall–Kier alpha value is -2.06. The van der Waals surface area contributed by atoms with E-state index in [1.165, 1.54) is 30.8 Å². The van der Waals surface area contributed by atoms with Gasteiger partial charge in [0.2, 0.25) is 15.9 Å². The van der Waals surface area contributed by atoms with Gasteiger partial charge in [0, 0.05) is 4.90 Å². The second-order valence-electron chi connectivity index (χ2n) is 5.40. The standard InChI is InChI=1S/C17H19FN2O3S2/c1-12(17(21)19-15-6-4-5-7-16(15)24-2)20(25(3,22)23)14-10-8-13(18)9-11-14/h4-12H,1-3H3,(H,19,21)/t12-/m1/s1. The van der Waals surface area contributed by atoms with Crippen molar-refractivity contribution in [2.24, 2.45) is 0 Å². The molecule has 1 atom stereocenters. The number of thioether (sulfide) groups is 1. The molecule has 0 unspecified atom stereocenters. The number of carbonyl (C=O) groups is 1. The van der Waals surface area contributed by atoms with Crippen LogP contribution in [0.1, 0.15) is 6.92 Å². The van der Waals surface area contributed by atoms with Gasteiger partial charge in [-0.15, -0.1) is 11.8 Å². The van der Waals surface area contributed by atoms with E-state index in [9.17, 15) is 17.6 Å². The van der Waals surface area contributed by atoms with Crippen molar-refractivity contribution in [3.8, 4) is 0 Å². The Morgan fingerprint density at radius 1 is 1.16 bits per heavy atom. The van der Waals surface area contributed by atoms with Crippen LogP contribution >= 0.6 is 11.8 Å². The fourth-order valence-corrected chi connectivity index (χ4v) is 4.11. The van der Waals surface area contributed by atoms with Crippen LogP contribution in [-0.4, -0.2) is 32.9 Å². The molecule has 1 amide bonds. The van der Waals surface area contributed by atoms with Crippen LogP contribution in [0, 0.1) is 5.82 Å². The maximum atomic E-state index is 13.1. The maximum Gasteiger partial charge on any atom is 0.248 e. The van der Waals surface area contributed by atoms with Crippen molar-refractivity contribution in [2.75, 3.05) is 22.1 Å². The molecule has 0 spiro atoms. The van der Waals surface area contributed by atoms with E-state index < -0.39 is 27.8 Å². The summed E-state index contributed by atoms with van der Waals surface area (Å²) in [6.07, 6.45) is 2.89. The van der Waals surface area contributed by atoms with Gasteiger partial charge < -0.3 is 5.32 Å². The Labute approximate surface area is 151 Å². The zero-order chi connectivity index (χ0) is 18.6. The van der Waals surface area contributed by atoms with Crippen LogP contribution in [0.3, 0.4) is 0 Å². The number of hydrogen-bond acceptors (Lipinski definition) is 4. The molecule has 25 heavy (non-hydrogen) atoms.